The molecule has 1 saturated carbocycles. The zero-order chi connectivity index (χ0) is 28.3. The van der Waals surface area contributed by atoms with Gasteiger partial charge in [0.05, 0.1) is 46.2 Å². The molecule has 1 aliphatic carbocycles. The van der Waals surface area contributed by atoms with Crippen LogP contribution in [0.2, 0.25) is 0 Å². The van der Waals surface area contributed by atoms with Gasteiger partial charge in [0.2, 0.25) is 0 Å². The zero-order valence-corrected chi connectivity index (χ0v) is 22.2. The van der Waals surface area contributed by atoms with Gasteiger partial charge in [0.25, 0.3) is 11.8 Å². The zero-order valence-electron chi connectivity index (χ0n) is 22.2. The van der Waals surface area contributed by atoms with Gasteiger partial charge < -0.3 is 4.74 Å². The number of carbonyl (C=O) groups excluding carboxylic acids is 2. The van der Waals surface area contributed by atoms with E-state index >= 15 is 0 Å². The van der Waals surface area contributed by atoms with Crippen LogP contribution in [0.15, 0.2) is 66.7 Å². The lowest BCUT2D eigenvalue weighted by Gasteiger charge is -2.12. The summed E-state index contributed by atoms with van der Waals surface area (Å²) in [5.41, 5.74) is 1.39. The second-order valence-electron chi connectivity index (χ2n) is 8.64. The minimum Gasteiger partial charge on any atom is -0.490 e. The molecular weight excluding hydrogens is 507 g/mol. The number of hydrogen-bond acceptors (Lipinski definition) is 4. The minimum atomic E-state index is -4.45. The topological polar surface area (TPSA) is 64.4 Å². The lowest BCUT2D eigenvalue weighted by atomic mass is 10.1. The smallest absolute Gasteiger partial charge is 0.416 e. The molecule has 0 spiro atoms. The maximum Gasteiger partial charge on any atom is 0.416 e. The Balaban J connectivity index is 0.000000845. The molecule has 2 heterocycles. The van der Waals surface area contributed by atoms with Crippen LogP contribution >= 0.6 is 0 Å². The van der Waals surface area contributed by atoms with Crippen LogP contribution in [0.4, 0.5) is 13.2 Å². The third-order valence-electron chi connectivity index (χ3n) is 6.18. The van der Waals surface area contributed by atoms with Crippen molar-refractivity contribution in [2.45, 2.75) is 59.4 Å². The fourth-order valence-electron chi connectivity index (χ4n) is 4.25. The highest BCUT2D eigenvalue weighted by Crippen LogP contribution is 2.34. The molecule has 1 aromatic heterocycles. The number of amides is 2. The van der Waals surface area contributed by atoms with E-state index < -0.39 is 23.6 Å². The first-order valence-corrected chi connectivity index (χ1v) is 13.1. The van der Waals surface area contributed by atoms with Gasteiger partial charge in [-0.2, -0.15) is 18.3 Å². The van der Waals surface area contributed by atoms with E-state index in [9.17, 15) is 22.8 Å². The predicted molar refractivity (Wildman–Crippen MR) is 143 cm³/mol. The number of aromatic nitrogens is 2. The Bertz CT molecular complexity index is 1450. The molecule has 4 aromatic rings. The van der Waals surface area contributed by atoms with Gasteiger partial charge in [-0.15, -0.1) is 0 Å². The molecule has 39 heavy (non-hydrogen) atoms. The Morgan fingerprint density at radius 1 is 0.872 bits per heavy atom. The Morgan fingerprint density at radius 2 is 1.46 bits per heavy atom. The van der Waals surface area contributed by atoms with Crippen LogP contribution < -0.4 is 4.74 Å². The number of ether oxygens (including phenoxy) is 1. The van der Waals surface area contributed by atoms with Crippen molar-refractivity contribution < 1.29 is 27.5 Å². The molecule has 6 rings (SSSR count). The van der Waals surface area contributed by atoms with E-state index in [-0.39, 0.29) is 12.6 Å². The Morgan fingerprint density at radius 3 is 2.00 bits per heavy atom. The summed E-state index contributed by atoms with van der Waals surface area (Å²) in [6.07, 6.45) is -2.35. The standard InChI is InChI=1S/C26H18F3N3O3.2C2H6/c27-26(28,29)15-5-7-16(8-6-15)32-23-13-18(35-17-9-10-17)11-12-21(23)22(30-32)14-31-24(33)19-3-1-2-4-20(19)25(31)34;2*1-2/h1-8,11-13,17H,9-10,14H2;2*1-2H3. The van der Waals surface area contributed by atoms with Gasteiger partial charge in [0.15, 0.2) is 0 Å². The molecule has 0 radical (unpaired) electrons. The van der Waals surface area contributed by atoms with Crippen LogP contribution in [0.1, 0.15) is 72.5 Å². The molecule has 6 nitrogen and oxygen atoms in total. The van der Waals surface area contributed by atoms with Gasteiger partial charge in [0, 0.05) is 11.5 Å². The van der Waals surface area contributed by atoms with Crippen LogP contribution in [-0.2, 0) is 12.7 Å². The quantitative estimate of drug-likeness (QED) is 0.248. The number of nitrogens with zero attached hydrogens (tertiary/aromatic N) is 3. The Hall–Kier alpha value is -4.14. The molecule has 2 amide bonds. The molecule has 1 aliphatic heterocycles. The third-order valence-corrected chi connectivity index (χ3v) is 6.18. The highest BCUT2D eigenvalue weighted by Gasteiger charge is 2.36. The fourth-order valence-corrected chi connectivity index (χ4v) is 4.25. The Kier molecular flexibility index (Phi) is 8.09. The van der Waals surface area contributed by atoms with Crippen molar-refractivity contribution in [1.82, 2.24) is 14.7 Å². The molecule has 2 aliphatic rings. The van der Waals surface area contributed by atoms with Gasteiger partial charge in [-0.05, 0) is 61.4 Å². The normalized spacial score (nSPS) is 14.4. The van der Waals surface area contributed by atoms with Crippen LogP contribution in [0.25, 0.3) is 16.6 Å². The van der Waals surface area contributed by atoms with E-state index in [0.29, 0.717) is 39.2 Å². The number of halogens is 3. The number of benzene rings is 3. The van der Waals surface area contributed by atoms with Gasteiger partial charge in [0.1, 0.15) is 5.75 Å². The van der Waals surface area contributed by atoms with Crippen LogP contribution in [0, 0.1) is 0 Å². The fraction of sp³-hybridized carbons (Fsp3) is 0.300. The molecule has 0 unspecified atom stereocenters. The first-order valence-electron chi connectivity index (χ1n) is 13.1. The molecule has 3 aromatic carbocycles. The van der Waals surface area contributed by atoms with Crippen molar-refractivity contribution in [3.05, 3.63) is 89.1 Å². The van der Waals surface area contributed by atoms with Gasteiger partial charge in [-0.25, -0.2) is 4.68 Å². The predicted octanol–water partition coefficient (Wildman–Crippen LogP) is 7.43. The highest BCUT2D eigenvalue weighted by molar-refractivity contribution is 6.21. The van der Waals surface area contributed by atoms with Crippen LogP contribution in [-0.4, -0.2) is 32.6 Å². The molecule has 1 fully saturated rings. The average Bonchev–Trinajstić information content (AvgIpc) is 3.66. The monoisotopic (exact) mass is 537 g/mol. The summed E-state index contributed by atoms with van der Waals surface area (Å²) in [4.78, 5) is 26.9. The molecular formula is C30H30F3N3O3. The van der Waals surface area contributed by atoms with E-state index in [0.717, 1.165) is 29.9 Å². The molecule has 0 saturated heterocycles. The number of hydrogen-bond donors (Lipinski definition) is 0. The van der Waals surface area contributed by atoms with Gasteiger partial charge >= 0.3 is 6.18 Å². The van der Waals surface area contributed by atoms with Gasteiger partial charge in [-0.3, -0.25) is 14.5 Å². The molecule has 204 valence electrons. The van der Waals surface area contributed by atoms with Crippen molar-refractivity contribution >= 4 is 22.7 Å². The maximum atomic E-state index is 13.1. The van der Waals surface area contributed by atoms with Gasteiger partial charge in [-0.1, -0.05) is 39.8 Å². The van der Waals surface area contributed by atoms with Crippen molar-refractivity contribution in [1.29, 1.82) is 0 Å². The van der Waals surface area contributed by atoms with E-state index in [4.69, 9.17) is 4.74 Å². The van der Waals surface area contributed by atoms with E-state index in [1.54, 1.807) is 42.5 Å². The van der Waals surface area contributed by atoms with Crippen LogP contribution in [0.3, 0.4) is 0 Å². The summed E-state index contributed by atoms with van der Waals surface area (Å²) in [5, 5.41) is 5.29. The molecule has 0 N–H and O–H groups in total. The first-order chi connectivity index (χ1) is 18.8. The summed E-state index contributed by atoms with van der Waals surface area (Å²) in [7, 11) is 0. The number of fused-ring (bicyclic) bond motifs is 2. The molecule has 0 bridgehead atoms. The summed E-state index contributed by atoms with van der Waals surface area (Å²) in [6.45, 7) is 7.93. The molecule has 0 atom stereocenters. The summed E-state index contributed by atoms with van der Waals surface area (Å²) in [6, 6.07) is 16.7. The highest BCUT2D eigenvalue weighted by atomic mass is 19.4. The van der Waals surface area contributed by atoms with E-state index in [1.807, 2.05) is 27.7 Å². The summed E-state index contributed by atoms with van der Waals surface area (Å²) in [5.74, 6) is -0.187. The van der Waals surface area contributed by atoms with E-state index in [1.165, 1.54) is 16.8 Å². The Labute approximate surface area is 225 Å². The van der Waals surface area contributed by atoms with E-state index in [2.05, 4.69) is 5.10 Å². The minimum absolute atomic E-state index is 0.0701. The van der Waals surface area contributed by atoms with Crippen LogP contribution in [0.5, 0.6) is 5.75 Å². The van der Waals surface area contributed by atoms with Crippen molar-refractivity contribution in [3.8, 4) is 11.4 Å². The lowest BCUT2D eigenvalue weighted by molar-refractivity contribution is -0.137. The lowest BCUT2D eigenvalue weighted by Crippen LogP contribution is -2.29. The second-order valence-corrected chi connectivity index (χ2v) is 8.64. The largest absolute Gasteiger partial charge is 0.490 e. The number of rotatable bonds is 5. The average molecular weight is 538 g/mol. The number of alkyl halides is 3. The first kappa shape index (κ1) is 27.9. The number of imide groups is 1. The summed E-state index contributed by atoms with van der Waals surface area (Å²) < 4.78 is 46.6. The van der Waals surface area contributed by atoms with Crippen molar-refractivity contribution in [3.63, 3.8) is 0 Å². The van der Waals surface area contributed by atoms with Crippen molar-refractivity contribution in [2.75, 3.05) is 0 Å². The summed E-state index contributed by atoms with van der Waals surface area (Å²) >= 11 is 0. The van der Waals surface area contributed by atoms with Crippen molar-refractivity contribution in [2.24, 2.45) is 0 Å². The molecule has 9 heteroatoms. The maximum absolute atomic E-state index is 13.1. The number of carbonyl (C=O) groups is 2. The third kappa shape index (κ3) is 5.53. The SMILES string of the molecule is CC.CC.O=C1c2ccccc2C(=O)N1Cc1nn(-c2ccc(C(F)(F)F)cc2)c2cc(OC3CC3)ccc12. The second kappa shape index (κ2) is 11.3.